The first-order valence-corrected chi connectivity index (χ1v) is 6.62. The predicted octanol–water partition coefficient (Wildman–Crippen LogP) is 2.79. The van der Waals surface area contributed by atoms with E-state index in [1.54, 1.807) is 0 Å². The van der Waals surface area contributed by atoms with Gasteiger partial charge in [-0.05, 0) is 36.6 Å². The summed E-state index contributed by atoms with van der Waals surface area (Å²) in [4.78, 5) is 12.0. The summed E-state index contributed by atoms with van der Waals surface area (Å²) in [5.41, 5.74) is 1.24. The minimum absolute atomic E-state index is 0.212. The van der Waals surface area contributed by atoms with Crippen LogP contribution in [0.15, 0.2) is 24.3 Å². The molecular formula is C15H23NO2. The van der Waals surface area contributed by atoms with E-state index in [-0.39, 0.29) is 17.9 Å². The molecule has 0 fully saturated rings. The smallest absolute Gasteiger partial charge is 0.328 e. The molecule has 3 nitrogen and oxygen atoms in total. The second-order valence-corrected chi connectivity index (χ2v) is 4.70. The van der Waals surface area contributed by atoms with Crippen molar-refractivity contribution >= 4 is 5.97 Å². The number of carbonyl (C=O) groups excluding carboxylic acids is 1. The molecule has 1 rings (SSSR count). The van der Waals surface area contributed by atoms with Gasteiger partial charge in [-0.1, -0.05) is 39.8 Å². The highest BCUT2D eigenvalue weighted by molar-refractivity contribution is 5.78. The van der Waals surface area contributed by atoms with Gasteiger partial charge in [-0.15, -0.1) is 0 Å². The Kier molecular flexibility index (Phi) is 5.86. The summed E-state index contributed by atoms with van der Waals surface area (Å²) in [5, 5.41) is 3.15. The lowest BCUT2D eigenvalue weighted by Crippen LogP contribution is -2.43. The standard InChI is InChI=1S/C15H23NO2/c1-5-12-7-9-13(10-8-12)18-15(17)14(11(3)4)16-6-2/h7-11,14,16H,5-6H2,1-4H3. The number of aryl methyl sites for hydroxylation is 1. The first kappa shape index (κ1) is 14.7. The van der Waals surface area contributed by atoms with Gasteiger partial charge in [0.05, 0.1) is 0 Å². The van der Waals surface area contributed by atoms with Crippen LogP contribution < -0.4 is 10.1 Å². The van der Waals surface area contributed by atoms with Crippen molar-refractivity contribution in [1.29, 1.82) is 0 Å². The third-order valence-electron chi connectivity index (χ3n) is 2.89. The van der Waals surface area contributed by atoms with Crippen molar-refractivity contribution in [1.82, 2.24) is 5.32 Å². The minimum atomic E-state index is -0.249. The van der Waals surface area contributed by atoms with Gasteiger partial charge >= 0.3 is 5.97 Å². The molecule has 0 amide bonds. The van der Waals surface area contributed by atoms with Crippen LogP contribution in [0.3, 0.4) is 0 Å². The molecule has 0 aliphatic carbocycles. The zero-order valence-corrected chi connectivity index (χ0v) is 11.7. The van der Waals surface area contributed by atoms with Crippen LogP contribution in [0.1, 0.15) is 33.3 Å². The van der Waals surface area contributed by atoms with Gasteiger partial charge in [-0.3, -0.25) is 0 Å². The summed E-state index contributed by atoms with van der Waals surface area (Å²) in [6.07, 6.45) is 0.986. The first-order valence-electron chi connectivity index (χ1n) is 6.62. The highest BCUT2D eigenvalue weighted by Crippen LogP contribution is 2.14. The molecular weight excluding hydrogens is 226 g/mol. The number of esters is 1. The van der Waals surface area contributed by atoms with E-state index in [1.807, 2.05) is 45.0 Å². The molecule has 0 aromatic heterocycles. The molecule has 0 radical (unpaired) electrons. The summed E-state index contributed by atoms with van der Waals surface area (Å²) in [6.45, 7) is 8.86. The van der Waals surface area contributed by atoms with E-state index in [1.165, 1.54) is 5.56 Å². The molecule has 18 heavy (non-hydrogen) atoms. The van der Waals surface area contributed by atoms with Crippen LogP contribution in [0.4, 0.5) is 0 Å². The highest BCUT2D eigenvalue weighted by atomic mass is 16.5. The molecule has 0 saturated heterocycles. The Labute approximate surface area is 110 Å². The summed E-state index contributed by atoms with van der Waals surface area (Å²) < 4.78 is 5.39. The van der Waals surface area contributed by atoms with E-state index in [0.717, 1.165) is 13.0 Å². The van der Waals surface area contributed by atoms with Crippen LogP contribution in [0.5, 0.6) is 5.75 Å². The van der Waals surface area contributed by atoms with Crippen molar-refractivity contribution in [3.05, 3.63) is 29.8 Å². The third-order valence-corrected chi connectivity index (χ3v) is 2.89. The summed E-state index contributed by atoms with van der Waals surface area (Å²) in [7, 11) is 0. The maximum absolute atomic E-state index is 12.0. The average Bonchev–Trinajstić information content (AvgIpc) is 2.36. The summed E-state index contributed by atoms with van der Waals surface area (Å²) >= 11 is 0. The topological polar surface area (TPSA) is 38.3 Å². The molecule has 0 aliphatic heterocycles. The Morgan fingerprint density at radius 2 is 1.83 bits per heavy atom. The van der Waals surface area contributed by atoms with Gasteiger partial charge in [0.25, 0.3) is 0 Å². The van der Waals surface area contributed by atoms with E-state index >= 15 is 0 Å². The van der Waals surface area contributed by atoms with Gasteiger partial charge in [-0.2, -0.15) is 0 Å². The van der Waals surface area contributed by atoms with E-state index in [0.29, 0.717) is 5.75 Å². The first-order chi connectivity index (χ1) is 8.58. The number of hydrogen-bond acceptors (Lipinski definition) is 3. The third kappa shape index (κ3) is 4.15. The highest BCUT2D eigenvalue weighted by Gasteiger charge is 2.22. The van der Waals surface area contributed by atoms with Crippen molar-refractivity contribution in [2.24, 2.45) is 5.92 Å². The summed E-state index contributed by atoms with van der Waals surface area (Å²) in [5.74, 6) is 0.615. The molecule has 0 bridgehead atoms. The van der Waals surface area contributed by atoms with Crippen LogP contribution in [-0.4, -0.2) is 18.6 Å². The fourth-order valence-electron chi connectivity index (χ4n) is 1.78. The van der Waals surface area contributed by atoms with Gasteiger partial charge in [0.1, 0.15) is 11.8 Å². The Morgan fingerprint density at radius 3 is 2.28 bits per heavy atom. The molecule has 1 unspecified atom stereocenters. The minimum Gasteiger partial charge on any atom is -0.425 e. The van der Waals surface area contributed by atoms with Crippen LogP contribution in [0.25, 0.3) is 0 Å². The van der Waals surface area contributed by atoms with E-state index in [2.05, 4.69) is 12.2 Å². The molecule has 0 saturated carbocycles. The Morgan fingerprint density at radius 1 is 1.22 bits per heavy atom. The normalized spacial score (nSPS) is 12.5. The molecule has 1 aromatic rings. The number of likely N-dealkylation sites (N-methyl/N-ethyl adjacent to an activating group) is 1. The quantitative estimate of drug-likeness (QED) is 0.622. The van der Waals surface area contributed by atoms with Gasteiger partial charge in [0, 0.05) is 0 Å². The van der Waals surface area contributed by atoms with Gasteiger partial charge < -0.3 is 10.1 Å². The van der Waals surface area contributed by atoms with Crippen LogP contribution in [-0.2, 0) is 11.2 Å². The second kappa shape index (κ2) is 7.17. The van der Waals surface area contributed by atoms with Crippen molar-refractivity contribution in [3.63, 3.8) is 0 Å². The SMILES string of the molecule is CCNC(C(=O)Oc1ccc(CC)cc1)C(C)C. The fourth-order valence-corrected chi connectivity index (χ4v) is 1.78. The summed E-state index contributed by atoms with van der Waals surface area (Å²) in [6, 6.07) is 7.42. The predicted molar refractivity (Wildman–Crippen MR) is 73.8 cm³/mol. The molecule has 0 heterocycles. The molecule has 100 valence electrons. The lowest BCUT2D eigenvalue weighted by Gasteiger charge is -2.19. The van der Waals surface area contributed by atoms with E-state index in [9.17, 15) is 4.79 Å². The molecule has 1 aromatic carbocycles. The Hall–Kier alpha value is -1.35. The van der Waals surface area contributed by atoms with Crippen LogP contribution in [0.2, 0.25) is 0 Å². The molecule has 3 heteroatoms. The number of carbonyl (C=O) groups is 1. The van der Waals surface area contributed by atoms with Gasteiger partial charge in [-0.25, -0.2) is 4.79 Å². The van der Waals surface area contributed by atoms with Crippen molar-refractivity contribution < 1.29 is 9.53 Å². The number of rotatable bonds is 6. The maximum Gasteiger partial charge on any atom is 0.328 e. The Bertz CT molecular complexity index is 371. The van der Waals surface area contributed by atoms with Crippen molar-refractivity contribution in [2.75, 3.05) is 6.54 Å². The number of hydrogen-bond donors (Lipinski definition) is 1. The zero-order valence-electron chi connectivity index (χ0n) is 11.7. The van der Waals surface area contributed by atoms with Crippen LogP contribution >= 0.6 is 0 Å². The Balaban J connectivity index is 2.66. The second-order valence-electron chi connectivity index (χ2n) is 4.70. The van der Waals surface area contributed by atoms with E-state index in [4.69, 9.17) is 4.74 Å². The molecule has 1 N–H and O–H groups in total. The lowest BCUT2D eigenvalue weighted by atomic mass is 10.0. The van der Waals surface area contributed by atoms with Gasteiger partial charge in [0.2, 0.25) is 0 Å². The van der Waals surface area contributed by atoms with Crippen LogP contribution in [0, 0.1) is 5.92 Å². The van der Waals surface area contributed by atoms with Crippen molar-refractivity contribution in [3.8, 4) is 5.75 Å². The maximum atomic E-state index is 12.0. The molecule has 0 spiro atoms. The number of ether oxygens (including phenoxy) is 1. The number of nitrogens with one attached hydrogen (secondary N) is 1. The lowest BCUT2D eigenvalue weighted by molar-refractivity contribution is -0.137. The molecule has 1 atom stereocenters. The van der Waals surface area contributed by atoms with E-state index < -0.39 is 0 Å². The zero-order chi connectivity index (χ0) is 13.5. The monoisotopic (exact) mass is 249 g/mol. The van der Waals surface area contributed by atoms with Gasteiger partial charge in [0.15, 0.2) is 0 Å². The largest absolute Gasteiger partial charge is 0.425 e. The average molecular weight is 249 g/mol. The fraction of sp³-hybridized carbons (Fsp3) is 0.533. The number of benzene rings is 1. The van der Waals surface area contributed by atoms with Crippen molar-refractivity contribution in [2.45, 2.75) is 40.2 Å². The molecule has 0 aliphatic rings.